The summed E-state index contributed by atoms with van der Waals surface area (Å²) in [5, 5.41) is 2.92. The van der Waals surface area contributed by atoms with Crippen LogP contribution < -0.4 is 5.32 Å². The highest BCUT2D eigenvalue weighted by molar-refractivity contribution is 5.37. The number of nitrogens with one attached hydrogen (secondary N) is 1. The highest BCUT2D eigenvalue weighted by Crippen LogP contribution is 2.02. The van der Waals surface area contributed by atoms with Crippen molar-refractivity contribution >= 4 is 6.47 Å². The molecular weight excluding hydrogens is 226 g/mol. The maximum absolute atomic E-state index is 9.60. The van der Waals surface area contributed by atoms with E-state index in [1.54, 1.807) is 0 Å². The number of carbonyl (C=O) groups excluding carboxylic acids is 1. The van der Waals surface area contributed by atoms with Crippen LogP contribution in [0.25, 0.3) is 0 Å². The Bertz CT molecular complexity index is 244. The molecule has 3 heteroatoms. The molecule has 1 rings (SSSR count). The lowest BCUT2D eigenvalue weighted by Gasteiger charge is -2.14. The summed E-state index contributed by atoms with van der Waals surface area (Å²) in [7, 11) is 0. The van der Waals surface area contributed by atoms with Crippen molar-refractivity contribution in [3.63, 3.8) is 0 Å². The van der Waals surface area contributed by atoms with Crippen molar-refractivity contribution in [3.8, 4) is 0 Å². The van der Waals surface area contributed by atoms with Crippen LogP contribution in [-0.2, 0) is 9.53 Å². The van der Waals surface area contributed by atoms with Gasteiger partial charge in [-0.3, -0.25) is 4.79 Å². The van der Waals surface area contributed by atoms with E-state index in [2.05, 4.69) is 23.9 Å². The Hall–Kier alpha value is -1.51. The molecule has 0 radical (unpaired) electrons. The number of ether oxygens (including phenoxy) is 1. The lowest BCUT2D eigenvalue weighted by atomic mass is 10.2. The number of allylic oxidation sites excluding steroid dienone is 4. The largest absolute Gasteiger partial charge is 0.462 e. The molecule has 104 valence electrons. The normalized spacial score (nSPS) is 12.1. The third-order valence-corrected chi connectivity index (χ3v) is 1.62. The first-order chi connectivity index (χ1) is 8.47. The highest BCUT2D eigenvalue weighted by Gasteiger charge is 2.07. The van der Waals surface area contributed by atoms with Crippen LogP contribution in [0.3, 0.4) is 0 Å². The SMILES string of the molecule is C1=CC=CNC=C1.CC(C)(C)OC=O.CCCC. The van der Waals surface area contributed by atoms with Gasteiger partial charge in [-0.15, -0.1) is 0 Å². The second-order valence-electron chi connectivity index (χ2n) is 4.60. The van der Waals surface area contributed by atoms with Crippen molar-refractivity contribution in [1.82, 2.24) is 5.32 Å². The molecule has 1 aliphatic rings. The lowest BCUT2D eigenvalue weighted by Crippen LogP contribution is -2.17. The van der Waals surface area contributed by atoms with Crippen LogP contribution in [0, 0.1) is 0 Å². The number of hydrogen-bond acceptors (Lipinski definition) is 3. The molecule has 0 aromatic heterocycles. The molecule has 0 aromatic carbocycles. The fourth-order valence-corrected chi connectivity index (χ4v) is 0.550. The van der Waals surface area contributed by atoms with Gasteiger partial charge in [0.15, 0.2) is 0 Å². The van der Waals surface area contributed by atoms with Crippen LogP contribution in [0.4, 0.5) is 0 Å². The molecule has 1 heterocycles. The van der Waals surface area contributed by atoms with Gasteiger partial charge in [-0.25, -0.2) is 0 Å². The first-order valence-corrected chi connectivity index (χ1v) is 6.33. The van der Waals surface area contributed by atoms with Crippen molar-refractivity contribution < 1.29 is 9.53 Å². The molecule has 0 saturated carbocycles. The third kappa shape index (κ3) is 24.0. The van der Waals surface area contributed by atoms with E-state index in [0.29, 0.717) is 6.47 Å². The van der Waals surface area contributed by atoms with Crippen LogP contribution in [0.1, 0.15) is 47.5 Å². The van der Waals surface area contributed by atoms with Crippen molar-refractivity contribution in [2.45, 2.75) is 53.1 Å². The van der Waals surface area contributed by atoms with Crippen LogP contribution in [0.15, 0.2) is 36.7 Å². The predicted octanol–water partition coefficient (Wildman–Crippen LogP) is 3.94. The average molecular weight is 253 g/mol. The third-order valence-electron chi connectivity index (χ3n) is 1.62. The van der Waals surface area contributed by atoms with Gasteiger partial charge in [0.25, 0.3) is 6.47 Å². The van der Waals surface area contributed by atoms with Crippen molar-refractivity contribution in [3.05, 3.63) is 36.7 Å². The van der Waals surface area contributed by atoms with E-state index in [0.717, 1.165) is 0 Å². The van der Waals surface area contributed by atoms with Gasteiger partial charge in [0.1, 0.15) is 5.60 Å². The summed E-state index contributed by atoms with van der Waals surface area (Å²) in [4.78, 5) is 9.60. The summed E-state index contributed by atoms with van der Waals surface area (Å²) in [6.45, 7) is 10.3. The molecule has 0 aromatic rings. The summed E-state index contributed by atoms with van der Waals surface area (Å²) in [5.74, 6) is 0. The van der Waals surface area contributed by atoms with Crippen molar-refractivity contribution in [1.29, 1.82) is 0 Å². The quantitative estimate of drug-likeness (QED) is 0.758. The fourth-order valence-electron chi connectivity index (χ4n) is 0.550. The molecule has 0 spiro atoms. The van der Waals surface area contributed by atoms with Gasteiger partial charge in [0.2, 0.25) is 0 Å². The summed E-state index contributed by atoms with van der Waals surface area (Å²) in [6, 6.07) is 0. The van der Waals surface area contributed by atoms with Crippen molar-refractivity contribution in [2.75, 3.05) is 0 Å². The zero-order valence-electron chi connectivity index (χ0n) is 12.3. The molecular formula is C15H27NO2. The predicted molar refractivity (Wildman–Crippen MR) is 78.0 cm³/mol. The zero-order valence-corrected chi connectivity index (χ0v) is 12.3. The van der Waals surface area contributed by atoms with E-state index in [-0.39, 0.29) is 5.60 Å². The average Bonchev–Trinajstić information content (AvgIpc) is 2.60. The van der Waals surface area contributed by atoms with Gasteiger partial charge in [-0.2, -0.15) is 0 Å². The Kier molecular flexibility index (Phi) is 14.2. The van der Waals surface area contributed by atoms with Gasteiger partial charge >= 0.3 is 0 Å². The monoisotopic (exact) mass is 253 g/mol. The topological polar surface area (TPSA) is 38.3 Å². The summed E-state index contributed by atoms with van der Waals surface area (Å²) >= 11 is 0. The number of rotatable bonds is 2. The maximum atomic E-state index is 9.60. The first kappa shape index (κ1) is 18.8. The number of carbonyl (C=O) groups is 1. The Morgan fingerprint density at radius 1 is 1.00 bits per heavy atom. The molecule has 0 saturated heterocycles. The van der Waals surface area contributed by atoms with Gasteiger partial charge in [-0.1, -0.05) is 38.8 Å². The Morgan fingerprint density at radius 3 is 1.67 bits per heavy atom. The van der Waals surface area contributed by atoms with Crippen LogP contribution in [0.5, 0.6) is 0 Å². The van der Waals surface area contributed by atoms with E-state index in [1.807, 2.05) is 57.5 Å². The molecule has 0 amide bonds. The number of hydrogen-bond donors (Lipinski definition) is 1. The van der Waals surface area contributed by atoms with Gasteiger partial charge in [0, 0.05) is 12.4 Å². The van der Waals surface area contributed by atoms with Crippen molar-refractivity contribution in [2.24, 2.45) is 0 Å². The smallest absolute Gasteiger partial charge is 0.293 e. The van der Waals surface area contributed by atoms with Crippen LogP contribution >= 0.6 is 0 Å². The number of unbranched alkanes of at least 4 members (excludes halogenated alkanes) is 1. The van der Waals surface area contributed by atoms with Gasteiger partial charge in [0.05, 0.1) is 0 Å². The summed E-state index contributed by atoms with van der Waals surface area (Å²) in [6.07, 6.45) is 14.2. The van der Waals surface area contributed by atoms with Gasteiger partial charge in [-0.05, 0) is 32.9 Å². The minimum absolute atomic E-state index is 0.318. The summed E-state index contributed by atoms with van der Waals surface area (Å²) < 4.78 is 4.55. The molecule has 1 N–H and O–H groups in total. The minimum atomic E-state index is -0.318. The Balaban J connectivity index is 0. The standard InChI is InChI=1S/C6H7N.C5H10O2.C4H10/c1-2-4-6-7-5-3-1;1-5(2,3)7-4-6;1-3-4-2/h1-7H;4H,1-3H3;3-4H2,1-2H3. The molecule has 0 fully saturated rings. The zero-order chi connectivity index (χ0) is 14.3. The molecule has 0 bridgehead atoms. The first-order valence-electron chi connectivity index (χ1n) is 6.33. The van der Waals surface area contributed by atoms with E-state index >= 15 is 0 Å². The maximum Gasteiger partial charge on any atom is 0.293 e. The Labute approximate surface area is 112 Å². The molecule has 3 nitrogen and oxygen atoms in total. The Morgan fingerprint density at radius 2 is 1.44 bits per heavy atom. The lowest BCUT2D eigenvalue weighted by molar-refractivity contribution is -0.138. The van der Waals surface area contributed by atoms with E-state index in [1.165, 1.54) is 12.8 Å². The fraction of sp³-hybridized carbons (Fsp3) is 0.533. The summed E-state index contributed by atoms with van der Waals surface area (Å²) in [5.41, 5.74) is -0.318. The second-order valence-corrected chi connectivity index (χ2v) is 4.60. The molecule has 0 atom stereocenters. The molecule has 0 unspecified atom stereocenters. The van der Waals surface area contributed by atoms with E-state index in [9.17, 15) is 4.79 Å². The molecule has 0 aliphatic carbocycles. The van der Waals surface area contributed by atoms with E-state index < -0.39 is 0 Å². The minimum Gasteiger partial charge on any atom is -0.462 e. The highest BCUT2D eigenvalue weighted by atomic mass is 16.5. The van der Waals surface area contributed by atoms with Crippen LogP contribution in [-0.4, -0.2) is 12.1 Å². The van der Waals surface area contributed by atoms with Crippen LogP contribution in [0.2, 0.25) is 0 Å². The van der Waals surface area contributed by atoms with E-state index in [4.69, 9.17) is 0 Å². The second kappa shape index (κ2) is 13.6. The van der Waals surface area contributed by atoms with Gasteiger partial charge < -0.3 is 10.1 Å². The molecule has 18 heavy (non-hydrogen) atoms. The molecule has 1 aliphatic heterocycles.